The summed E-state index contributed by atoms with van der Waals surface area (Å²) in [6.45, 7) is 5.01. The molecule has 1 aliphatic heterocycles. The molecule has 0 saturated carbocycles. The maximum absolute atomic E-state index is 12.9. The minimum absolute atomic E-state index is 0.114. The summed E-state index contributed by atoms with van der Waals surface area (Å²) in [5.41, 5.74) is 6.81. The smallest absolute Gasteiger partial charge is 0.353 e. The van der Waals surface area contributed by atoms with Gasteiger partial charge in [0, 0.05) is 17.5 Å². The molecule has 138 valence electrons. The van der Waals surface area contributed by atoms with Crippen molar-refractivity contribution in [3.05, 3.63) is 11.5 Å². The fourth-order valence-corrected chi connectivity index (χ4v) is 9.21. The van der Waals surface area contributed by atoms with Crippen molar-refractivity contribution in [2.75, 3.05) is 24.7 Å². The average Bonchev–Trinajstić information content (AvgIpc) is 3.16. The molecule has 0 amide bonds. The molecule has 2 aromatic rings. The van der Waals surface area contributed by atoms with Crippen molar-refractivity contribution in [3.8, 4) is 0 Å². The number of nitrogens with zero attached hydrogens (tertiary/aromatic N) is 4. The highest BCUT2D eigenvalue weighted by atomic mass is 35.5. The minimum Gasteiger partial charge on any atom is -0.368 e. The largest absolute Gasteiger partial charge is 0.368 e. The Labute approximate surface area is 159 Å². The normalized spacial score (nSPS) is 21.2. The Balaban J connectivity index is 1.74. The Hall–Kier alpha value is -0.510. The fraction of sp³-hybridized carbons (Fsp3) is 0.615. The van der Waals surface area contributed by atoms with Crippen LogP contribution in [0.5, 0.6) is 0 Å². The van der Waals surface area contributed by atoms with E-state index in [2.05, 4.69) is 15.0 Å². The SMILES string of the molecule is CCOP(=O)(OCC)[C@H]1SC[C@@H](Cn2cnc3c(Cl)nc(N)nc32)S1. The third kappa shape index (κ3) is 4.09. The number of thioether (sulfide) groups is 2. The number of hydrogen-bond donors (Lipinski definition) is 1. The van der Waals surface area contributed by atoms with Crippen molar-refractivity contribution in [2.24, 2.45) is 0 Å². The molecule has 2 atom stereocenters. The van der Waals surface area contributed by atoms with E-state index >= 15 is 0 Å². The lowest BCUT2D eigenvalue weighted by Gasteiger charge is -2.21. The van der Waals surface area contributed by atoms with Crippen molar-refractivity contribution < 1.29 is 13.6 Å². The molecule has 0 unspecified atom stereocenters. The van der Waals surface area contributed by atoms with Gasteiger partial charge in [0.2, 0.25) is 5.95 Å². The number of hydrogen-bond acceptors (Lipinski definition) is 9. The number of fused-ring (bicyclic) bond motifs is 1. The zero-order valence-corrected chi connectivity index (χ0v) is 17.1. The summed E-state index contributed by atoms with van der Waals surface area (Å²) in [7, 11) is -3.12. The van der Waals surface area contributed by atoms with Crippen LogP contribution in [0.25, 0.3) is 11.2 Å². The molecule has 2 aromatic heterocycles. The Morgan fingerprint density at radius 3 is 2.80 bits per heavy atom. The molecule has 0 aliphatic carbocycles. The van der Waals surface area contributed by atoms with E-state index in [4.69, 9.17) is 26.4 Å². The number of anilines is 1. The zero-order valence-electron chi connectivity index (χ0n) is 13.8. The predicted octanol–water partition coefficient (Wildman–Crippen LogP) is 3.46. The van der Waals surface area contributed by atoms with Crippen molar-refractivity contribution in [3.63, 3.8) is 0 Å². The van der Waals surface area contributed by atoms with Crippen LogP contribution in [0.15, 0.2) is 6.33 Å². The molecule has 3 rings (SSSR count). The Morgan fingerprint density at radius 1 is 1.40 bits per heavy atom. The average molecular weight is 424 g/mol. The summed E-state index contributed by atoms with van der Waals surface area (Å²) in [5, 5.41) is 0.460. The van der Waals surface area contributed by atoms with E-state index in [-0.39, 0.29) is 20.7 Å². The molecule has 1 saturated heterocycles. The molecule has 25 heavy (non-hydrogen) atoms. The number of nitrogens with two attached hydrogens (primary N) is 1. The van der Waals surface area contributed by atoms with Gasteiger partial charge in [-0.1, -0.05) is 11.6 Å². The summed E-state index contributed by atoms with van der Waals surface area (Å²) in [6.07, 6.45) is 1.67. The number of imidazole rings is 1. The Kier molecular flexibility index (Phi) is 6.18. The second-order valence-electron chi connectivity index (χ2n) is 5.22. The molecule has 0 aromatic carbocycles. The van der Waals surface area contributed by atoms with E-state index in [1.54, 1.807) is 29.9 Å². The molecule has 12 heteroatoms. The van der Waals surface area contributed by atoms with Crippen LogP contribution in [-0.4, -0.2) is 48.1 Å². The van der Waals surface area contributed by atoms with Gasteiger partial charge in [-0.3, -0.25) is 4.57 Å². The number of halogens is 1. The zero-order chi connectivity index (χ0) is 18.0. The number of aromatic nitrogens is 4. The van der Waals surface area contributed by atoms with Gasteiger partial charge in [0.15, 0.2) is 15.1 Å². The van der Waals surface area contributed by atoms with E-state index in [1.807, 2.05) is 18.4 Å². The van der Waals surface area contributed by atoms with Crippen molar-refractivity contribution in [1.29, 1.82) is 0 Å². The van der Waals surface area contributed by atoms with Crippen molar-refractivity contribution in [2.45, 2.75) is 30.0 Å². The number of nitrogen functional groups attached to an aromatic ring is 1. The van der Waals surface area contributed by atoms with E-state index in [0.717, 1.165) is 5.75 Å². The summed E-state index contributed by atoms with van der Waals surface area (Å²) in [6, 6.07) is 0. The maximum Gasteiger partial charge on any atom is 0.353 e. The van der Waals surface area contributed by atoms with Gasteiger partial charge in [-0.15, -0.1) is 23.5 Å². The van der Waals surface area contributed by atoms with E-state index in [0.29, 0.717) is 30.9 Å². The van der Waals surface area contributed by atoms with Gasteiger partial charge in [-0.2, -0.15) is 9.97 Å². The first-order valence-corrected chi connectivity index (χ1v) is 11.7. The third-order valence-corrected chi connectivity index (χ3v) is 10.6. The molecule has 0 bridgehead atoms. The van der Waals surface area contributed by atoms with Crippen LogP contribution in [0.2, 0.25) is 5.15 Å². The Morgan fingerprint density at radius 2 is 2.12 bits per heavy atom. The van der Waals surface area contributed by atoms with Gasteiger partial charge in [0.05, 0.1) is 19.5 Å². The highest BCUT2D eigenvalue weighted by Gasteiger charge is 2.42. The summed E-state index contributed by atoms with van der Waals surface area (Å²) in [5.74, 6) is 0.941. The molecule has 1 fully saturated rings. The van der Waals surface area contributed by atoms with Gasteiger partial charge >= 0.3 is 7.60 Å². The molecule has 2 N–H and O–H groups in total. The monoisotopic (exact) mass is 423 g/mol. The third-order valence-electron chi connectivity index (χ3n) is 3.45. The van der Waals surface area contributed by atoms with E-state index in [1.165, 1.54) is 0 Å². The van der Waals surface area contributed by atoms with Crippen molar-refractivity contribution >= 4 is 59.8 Å². The van der Waals surface area contributed by atoms with E-state index in [9.17, 15) is 4.57 Å². The Bertz CT molecular complexity index is 797. The molecule has 8 nitrogen and oxygen atoms in total. The van der Waals surface area contributed by atoms with Gasteiger partial charge in [0.1, 0.15) is 5.52 Å². The van der Waals surface area contributed by atoms with Gasteiger partial charge in [0.25, 0.3) is 0 Å². The first-order chi connectivity index (χ1) is 12.0. The quantitative estimate of drug-likeness (QED) is 0.529. The lowest BCUT2D eigenvalue weighted by molar-refractivity contribution is 0.222. The van der Waals surface area contributed by atoms with Crippen LogP contribution in [0.3, 0.4) is 0 Å². The summed E-state index contributed by atoms with van der Waals surface area (Å²) < 4.78 is 25.5. The van der Waals surface area contributed by atoms with Gasteiger partial charge < -0.3 is 19.3 Å². The van der Waals surface area contributed by atoms with E-state index < -0.39 is 7.60 Å². The molecule has 1 aliphatic rings. The standard InChI is InChI=1S/C13H19ClN5O3PS2/c1-3-21-23(20,22-4-2)13-24-6-8(25-13)5-19-7-16-9-10(14)17-12(15)18-11(9)19/h7-8,13H,3-6H2,1-2H3,(H2,15,17,18)/t8-,13+/m1/s1. The van der Waals surface area contributed by atoms with Crippen LogP contribution >= 0.6 is 42.7 Å². The van der Waals surface area contributed by atoms with Crippen LogP contribution in [-0.2, 0) is 20.2 Å². The lowest BCUT2D eigenvalue weighted by atomic mass is 10.4. The first kappa shape index (κ1) is 19.3. The molecule has 3 heterocycles. The fourth-order valence-electron chi connectivity index (χ4n) is 2.49. The van der Waals surface area contributed by atoms with Crippen LogP contribution in [0, 0.1) is 0 Å². The predicted molar refractivity (Wildman–Crippen MR) is 103 cm³/mol. The highest BCUT2D eigenvalue weighted by Crippen LogP contribution is 2.65. The van der Waals surface area contributed by atoms with Gasteiger partial charge in [-0.05, 0) is 13.8 Å². The van der Waals surface area contributed by atoms with Crippen LogP contribution in [0.4, 0.5) is 5.95 Å². The topological polar surface area (TPSA) is 105 Å². The first-order valence-electron chi connectivity index (χ1n) is 7.76. The maximum atomic E-state index is 12.9. The van der Waals surface area contributed by atoms with Gasteiger partial charge in [-0.25, -0.2) is 4.98 Å². The highest BCUT2D eigenvalue weighted by molar-refractivity contribution is 8.26. The summed E-state index contributed by atoms with van der Waals surface area (Å²) in [4.78, 5) is 12.4. The second kappa shape index (κ2) is 8.02. The van der Waals surface area contributed by atoms with Crippen molar-refractivity contribution in [1.82, 2.24) is 19.5 Å². The molecule has 0 spiro atoms. The number of rotatable bonds is 7. The minimum atomic E-state index is -3.12. The van der Waals surface area contributed by atoms with Crippen LogP contribution < -0.4 is 5.73 Å². The molecular formula is C13H19ClN5O3PS2. The second-order valence-corrected chi connectivity index (χ2v) is 11.2. The lowest BCUT2D eigenvalue weighted by Crippen LogP contribution is -2.13. The molecular weight excluding hydrogens is 405 g/mol. The summed E-state index contributed by atoms with van der Waals surface area (Å²) >= 11 is 9.27. The molecule has 0 radical (unpaired) electrons. The van der Waals surface area contributed by atoms with Crippen LogP contribution in [0.1, 0.15) is 13.8 Å².